The molecule has 0 atom stereocenters. The third kappa shape index (κ3) is 6.16. The first kappa shape index (κ1) is 17.3. The van der Waals surface area contributed by atoms with Crippen molar-refractivity contribution in [1.82, 2.24) is 10.2 Å². The Morgan fingerprint density at radius 3 is 2.30 bits per heavy atom. The molecule has 0 aliphatic heterocycles. The summed E-state index contributed by atoms with van der Waals surface area (Å²) in [5.41, 5.74) is 0. The summed E-state index contributed by atoms with van der Waals surface area (Å²) in [6, 6.07) is -0.00221. The quantitative estimate of drug-likeness (QED) is 0.618. The minimum Gasteiger partial charge on any atom is -0.325 e. The van der Waals surface area contributed by atoms with Gasteiger partial charge >= 0.3 is 6.03 Å². The molecule has 0 aromatic heterocycles. The lowest BCUT2D eigenvalue weighted by atomic mass is 10.0. The van der Waals surface area contributed by atoms with Crippen LogP contribution in [0, 0.1) is 0 Å². The summed E-state index contributed by atoms with van der Waals surface area (Å²) in [4.78, 5) is 18.4. The highest BCUT2D eigenvalue weighted by Crippen LogP contribution is 2.28. The van der Waals surface area contributed by atoms with Gasteiger partial charge in [-0.3, -0.25) is 10.3 Å². The molecule has 2 amide bonds. The molecule has 4 nitrogen and oxygen atoms in total. The standard InChI is InChI=1S/C15H29N3OS/c1-4-11-18(12-5-2)15(19)17-14(16-3)20-13-9-7-6-8-10-13/h13H,4-12H2,1-3H3,(H,16,17,19). The molecule has 5 heteroatoms. The van der Waals surface area contributed by atoms with Gasteiger partial charge in [0.25, 0.3) is 0 Å². The number of aliphatic imine (C=N–C) groups is 1. The highest BCUT2D eigenvalue weighted by molar-refractivity contribution is 8.14. The summed E-state index contributed by atoms with van der Waals surface area (Å²) in [5.74, 6) is 0. The molecule has 0 heterocycles. The van der Waals surface area contributed by atoms with Gasteiger partial charge in [0.1, 0.15) is 0 Å². The van der Waals surface area contributed by atoms with Crippen LogP contribution in [0.1, 0.15) is 58.8 Å². The number of carbonyl (C=O) groups is 1. The fourth-order valence-corrected chi connectivity index (χ4v) is 3.64. The van der Waals surface area contributed by atoms with Gasteiger partial charge in [-0.2, -0.15) is 0 Å². The Labute approximate surface area is 127 Å². The zero-order valence-electron chi connectivity index (χ0n) is 13.2. The molecule has 1 rings (SSSR count). The molecule has 0 aromatic carbocycles. The molecule has 1 aliphatic rings. The second-order valence-corrected chi connectivity index (χ2v) is 6.61. The molecular weight excluding hydrogens is 270 g/mol. The zero-order valence-corrected chi connectivity index (χ0v) is 14.0. The third-order valence-corrected chi connectivity index (χ3v) is 4.83. The van der Waals surface area contributed by atoms with Gasteiger partial charge in [0.15, 0.2) is 5.17 Å². The number of nitrogens with zero attached hydrogens (tertiary/aromatic N) is 2. The highest BCUT2D eigenvalue weighted by Gasteiger charge is 2.19. The summed E-state index contributed by atoms with van der Waals surface area (Å²) < 4.78 is 0. The van der Waals surface area contributed by atoms with Crippen LogP contribution in [0.5, 0.6) is 0 Å². The molecule has 0 unspecified atom stereocenters. The number of hydrogen-bond donors (Lipinski definition) is 1. The lowest BCUT2D eigenvalue weighted by Gasteiger charge is -2.24. The van der Waals surface area contributed by atoms with Crippen LogP contribution in [0.25, 0.3) is 0 Å². The normalized spacial score (nSPS) is 17.1. The number of amides is 2. The number of amidine groups is 1. The second kappa shape index (κ2) is 10.1. The number of rotatable bonds is 5. The fraction of sp³-hybridized carbons (Fsp3) is 0.867. The van der Waals surface area contributed by atoms with Gasteiger partial charge in [-0.05, 0) is 25.7 Å². The second-order valence-electron chi connectivity index (χ2n) is 5.32. The molecule has 1 aliphatic carbocycles. The van der Waals surface area contributed by atoms with Crippen LogP contribution in [-0.4, -0.2) is 41.5 Å². The summed E-state index contributed by atoms with van der Waals surface area (Å²) in [6.07, 6.45) is 8.42. The van der Waals surface area contributed by atoms with E-state index in [9.17, 15) is 4.79 Å². The van der Waals surface area contributed by atoms with E-state index in [-0.39, 0.29) is 6.03 Å². The zero-order chi connectivity index (χ0) is 14.8. The lowest BCUT2D eigenvalue weighted by molar-refractivity contribution is 0.203. The Morgan fingerprint density at radius 1 is 1.20 bits per heavy atom. The van der Waals surface area contributed by atoms with E-state index in [0.717, 1.165) is 31.1 Å². The van der Waals surface area contributed by atoms with Gasteiger partial charge in [-0.1, -0.05) is 44.9 Å². The number of thioether (sulfide) groups is 1. The minimum absolute atomic E-state index is 0.00221. The molecule has 0 bridgehead atoms. The van der Waals surface area contributed by atoms with Gasteiger partial charge in [-0.25, -0.2) is 4.79 Å². The first-order valence-electron chi connectivity index (χ1n) is 7.90. The Bertz CT molecular complexity index is 308. The van der Waals surface area contributed by atoms with Crippen molar-refractivity contribution < 1.29 is 4.79 Å². The van der Waals surface area contributed by atoms with Gasteiger partial charge < -0.3 is 4.90 Å². The van der Waals surface area contributed by atoms with Crippen LogP contribution in [0.15, 0.2) is 4.99 Å². The van der Waals surface area contributed by atoms with Crippen LogP contribution < -0.4 is 5.32 Å². The fourth-order valence-electron chi connectivity index (χ4n) is 2.50. The predicted molar refractivity (Wildman–Crippen MR) is 88.5 cm³/mol. The van der Waals surface area contributed by atoms with Crippen molar-refractivity contribution in [2.45, 2.75) is 64.0 Å². The van der Waals surface area contributed by atoms with Crippen molar-refractivity contribution in [3.63, 3.8) is 0 Å². The van der Waals surface area contributed by atoms with Crippen LogP contribution in [0.4, 0.5) is 4.79 Å². The number of hydrogen-bond acceptors (Lipinski definition) is 3. The van der Waals surface area contributed by atoms with Gasteiger partial charge in [0, 0.05) is 25.4 Å². The summed E-state index contributed by atoms with van der Waals surface area (Å²) in [5, 5.41) is 4.38. The molecular formula is C15H29N3OS. The Hall–Kier alpha value is -0.710. The molecule has 1 N–H and O–H groups in total. The monoisotopic (exact) mass is 299 g/mol. The molecule has 20 heavy (non-hydrogen) atoms. The smallest absolute Gasteiger partial charge is 0.323 e. The Kier molecular flexibility index (Phi) is 8.74. The Balaban J connectivity index is 2.46. The van der Waals surface area contributed by atoms with E-state index in [1.165, 1.54) is 32.1 Å². The predicted octanol–water partition coefficient (Wildman–Crippen LogP) is 3.87. The van der Waals surface area contributed by atoms with Crippen LogP contribution in [0.2, 0.25) is 0 Å². The van der Waals surface area contributed by atoms with Gasteiger partial charge in [0.05, 0.1) is 0 Å². The van der Waals surface area contributed by atoms with Crippen molar-refractivity contribution in [1.29, 1.82) is 0 Å². The molecule has 1 saturated carbocycles. The maximum Gasteiger partial charge on any atom is 0.323 e. The topological polar surface area (TPSA) is 44.7 Å². The summed E-state index contributed by atoms with van der Waals surface area (Å²) >= 11 is 1.74. The van der Waals surface area contributed by atoms with Crippen molar-refractivity contribution in [3.05, 3.63) is 0 Å². The summed E-state index contributed by atoms with van der Waals surface area (Å²) in [7, 11) is 1.76. The van der Waals surface area contributed by atoms with E-state index in [1.54, 1.807) is 18.8 Å². The number of urea groups is 1. The maximum atomic E-state index is 12.3. The van der Waals surface area contributed by atoms with Gasteiger partial charge in [-0.15, -0.1) is 0 Å². The molecule has 0 spiro atoms. The van der Waals surface area contributed by atoms with Crippen LogP contribution >= 0.6 is 11.8 Å². The highest BCUT2D eigenvalue weighted by atomic mass is 32.2. The summed E-state index contributed by atoms with van der Waals surface area (Å²) in [6.45, 7) is 5.82. The molecule has 0 saturated heterocycles. The number of carbonyl (C=O) groups excluding carboxylic acids is 1. The van der Waals surface area contributed by atoms with E-state index >= 15 is 0 Å². The first-order valence-corrected chi connectivity index (χ1v) is 8.78. The van der Waals surface area contributed by atoms with Crippen molar-refractivity contribution in [2.75, 3.05) is 20.1 Å². The first-order chi connectivity index (χ1) is 9.71. The average molecular weight is 299 g/mol. The van der Waals surface area contributed by atoms with Crippen molar-refractivity contribution in [3.8, 4) is 0 Å². The molecule has 0 aromatic rings. The maximum absolute atomic E-state index is 12.3. The largest absolute Gasteiger partial charge is 0.325 e. The van der Waals surface area contributed by atoms with E-state index in [2.05, 4.69) is 24.2 Å². The minimum atomic E-state index is -0.00221. The van der Waals surface area contributed by atoms with E-state index in [0.29, 0.717) is 5.25 Å². The van der Waals surface area contributed by atoms with Crippen molar-refractivity contribution in [2.24, 2.45) is 4.99 Å². The lowest BCUT2D eigenvalue weighted by Crippen LogP contribution is -2.43. The molecule has 0 radical (unpaired) electrons. The molecule has 1 fully saturated rings. The van der Waals surface area contributed by atoms with E-state index < -0.39 is 0 Å². The SMILES string of the molecule is CCCN(CCC)C(=O)NC(=NC)SC1CCCCC1. The molecule has 116 valence electrons. The van der Waals surface area contributed by atoms with Crippen molar-refractivity contribution >= 4 is 23.0 Å². The van der Waals surface area contributed by atoms with E-state index in [1.807, 2.05) is 4.90 Å². The Morgan fingerprint density at radius 2 is 1.80 bits per heavy atom. The van der Waals surface area contributed by atoms with Crippen LogP contribution in [-0.2, 0) is 0 Å². The van der Waals surface area contributed by atoms with Crippen LogP contribution in [0.3, 0.4) is 0 Å². The average Bonchev–Trinajstić information content (AvgIpc) is 2.47. The van der Waals surface area contributed by atoms with Gasteiger partial charge in [0.2, 0.25) is 0 Å². The number of nitrogens with one attached hydrogen (secondary N) is 1. The third-order valence-electron chi connectivity index (χ3n) is 3.52. The van der Waals surface area contributed by atoms with E-state index in [4.69, 9.17) is 0 Å².